The van der Waals surface area contributed by atoms with Crippen molar-refractivity contribution < 1.29 is 9.53 Å². The smallest absolute Gasteiger partial charge is 0.253 e. The van der Waals surface area contributed by atoms with E-state index in [-0.39, 0.29) is 11.9 Å². The highest BCUT2D eigenvalue weighted by Gasteiger charge is 2.09. The van der Waals surface area contributed by atoms with Gasteiger partial charge in [0.1, 0.15) is 12.4 Å². The zero-order valence-corrected chi connectivity index (χ0v) is 16.2. The van der Waals surface area contributed by atoms with Crippen molar-refractivity contribution in [3.8, 4) is 5.75 Å². The summed E-state index contributed by atoms with van der Waals surface area (Å²) < 4.78 is 5.80. The first-order valence-corrected chi connectivity index (χ1v) is 9.44. The number of hydrogen-bond donors (Lipinski definition) is 2. The van der Waals surface area contributed by atoms with Crippen LogP contribution >= 0.6 is 0 Å². The summed E-state index contributed by atoms with van der Waals surface area (Å²) in [5.41, 5.74) is 3.32. The summed E-state index contributed by atoms with van der Waals surface area (Å²) in [7, 11) is 0. The Hall–Kier alpha value is -3.34. The Morgan fingerprint density at radius 3 is 2.50 bits per heavy atom. The van der Waals surface area contributed by atoms with Gasteiger partial charge in [-0.1, -0.05) is 37.3 Å². The summed E-state index contributed by atoms with van der Waals surface area (Å²) in [5.74, 6) is 0.685. The lowest BCUT2D eigenvalue weighted by Crippen LogP contribution is -2.31. The van der Waals surface area contributed by atoms with Crippen molar-refractivity contribution in [2.45, 2.75) is 32.9 Å². The highest BCUT2D eigenvalue weighted by molar-refractivity contribution is 5.95. The van der Waals surface area contributed by atoms with Crippen LogP contribution in [0.15, 0.2) is 73.1 Å². The monoisotopic (exact) mass is 375 g/mol. The highest BCUT2D eigenvalue weighted by atomic mass is 16.5. The van der Waals surface area contributed by atoms with Crippen LogP contribution in [0.3, 0.4) is 0 Å². The van der Waals surface area contributed by atoms with Gasteiger partial charge in [-0.3, -0.25) is 9.78 Å². The van der Waals surface area contributed by atoms with Gasteiger partial charge in [0.25, 0.3) is 5.91 Å². The van der Waals surface area contributed by atoms with Gasteiger partial charge < -0.3 is 15.4 Å². The quantitative estimate of drug-likeness (QED) is 0.586. The van der Waals surface area contributed by atoms with E-state index in [0.29, 0.717) is 12.2 Å². The number of pyridine rings is 1. The third-order valence-corrected chi connectivity index (χ3v) is 4.38. The van der Waals surface area contributed by atoms with Gasteiger partial charge in [-0.2, -0.15) is 0 Å². The van der Waals surface area contributed by atoms with Crippen LogP contribution < -0.4 is 15.4 Å². The molecule has 144 valence electrons. The van der Waals surface area contributed by atoms with Crippen LogP contribution in [0.2, 0.25) is 0 Å². The molecule has 1 aromatic heterocycles. The van der Waals surface area contributed by atoms with Crippen molar-refractivity contribution in [2.75, 3.05) is 5.32 Å². The summed E-state index contributed by atoms with van der Waals surface area (Å²) in [6.07, 6.45) is 4.15. The van der Waals surface area contributed by atoms with Crippen molar-refractivity contribution in [3.63, 3.8) is 0 Å². The van der Waals surface area contributed by atoms with Crippen LogP contribution in [0.25, 0.3) is 0 Å². The lowest BCUT2D eigenvalue weighted by molar-refractivity contribution is 0.0939. The van der Waals surface area contributed by atoms with Gasteiger partial charge in [-0.15, -0.1) is 0 Å². The molecule has 1 heterocycles. The van der Waals surface area contributed by atoms with E-state index in [9.17, 15) is 4.79 Å². The summed E-state index contributed by atoms with van der Waals surface area (Å²) in [4.78, 5) is 16.4. The molecule has 2 aromatic carbocycles. The largest absolute Gasteiger partial charge is 0.489 e. The van der Waals surface area contributed by atoms with E-state index in [1.807, 2.05) is 68.4 Å². The van der Waals surface area contributed by atoms with Crippen molar-refractivity contribution in [2.24, 2.45) is 0 Å². The van der Waals surface area contributed by atoms with E-state index in [1.54, 1.807) is 18.5 Å². The molecule has 3 rings (SSSR count). The molecule has 3 aromatic rings. The van der Waals surface area contributed by atoms with Gasteiger partial charge in [0.2, 0.25) is 0 Å². The molecule has 1 unspecified atom stereocenters. The van der Waals surface area contributed by atoms with Gasteiger partial charge in [0.15, 0.2) is 0 Å². The molecule has 0 saturated carbocycles. The molecule has 5 heteroatoms. The molecule has 28 heavy (non-hydrogen) atoms. The molecule has 0 aliphatic rings. The first kappa shape index (κ1) is 19.4. The normalized spacial score (nSPS) is 11.5. The molecule has 0 bridgehead atoms. The number of anilines is 2. The Morgan fingerprint density at radius 2 is 1.79 bits per heavy atom. The molecule has 1 atom stereocenters. The van der Waals surface area contributed by atoms with Crippen LogP contribution in [-0.4, -0.2) is 16.9 Å². The number of hydrogen-bond acceptors (Lipinski definition) is 4. The number of carbonyl (C=O) groups excluding carboxylic acids is 1. The Morgan fingerprint density at radius 1 is 1.04 bits per heavy atom. The molecule has 0 aliphatic heterocycles. The van der Waals surface area contributed by atoms with Crippen LogP contribution in [-0.2, 0) is 6.61 Å². The number of aromatic nitrogens is 1. The van der Waals surface area contributed by atoms with Crippen LogP contribution in [0.5, 0.6) is 5.75 Å². The van der Waals surface area contributed by atoms with E-state index in [1.165, 1.54) is 0 Å². The fraction of sp³-hybridized carbons (Fsp3) is 0.217. The maximum Gasteiger partial charge on any atom is 0.253 e. The molecular weight excluding hydrogens is 350 g/mol. The molecule has 0 aliphatic carbocycles. The number of nitrogens with zero attached hydrogens (tertiary/aromatic N) is 1. The van der Waals surface area contributed by atoms with Crippen molar-refractivity contribution >= 4 is 17.3 Å². The molecule has 0 fully saturated rings. The van der Waals surface area contributed by atoms with E-state index in [2.05, 4.69) is 15.6 Å². The Balaban J connectivity index is 1.59. The van der Waals surface area contributed by atoms with Gasteiger partial charge in [-0.25, -0.2) is 0 Å². The summed E-state index contributed by atoms with van der Waals surface area (Å²) in [6.45, 7) is 4.55. The average Bonchev–Trinajstić information content (AvgIpc) is 2.74. The first-order chi connectivity index (χ1) is 13.6. The van der Waals surface area contributed by atoms with Crippen LogP contribution in [0, 0.1) is 0 Å². The molecule has 0 spiro atoms. The summed E-state index contributed by atoms with van der Waals surface area (Å²) in [5, 5.41) is 6.22. The maximum absolute atomic E-state index is 12.3. The van der Waals surface area contributed by atoms with Gasteiger partial charge in [0, 0.05) is 17.9 Å². The molecule has 1 amide bonds. The zero-order chi connectivity index (χ0) is 19.8. The number of rotatable bonds is 8. The predicted molar refractivity (Wildman–Crippen MR) is 112 cm³/mol. The first-order valence-electron chi connectivity index (χ1n) is 9.44. The third kappa shape index (κ3) is 5.58. The van der Waals surface area contributed by atoms with Crippen LogP contribution in [0.4, 0.5) is 11.4 Å². The van der Waals surface area contributed by atoms with Crippen LogP contribution in [0.1, 0.15) is 36.2 Å². The number of carbonyl (C=O) groups is 1. The standard InChI is InChI=1S/C23H25N3O2/c1-3-17(2)25-23(27)19-13-21(15-24-14-19)26-20-9-11-22(12-10-20)28-16-18-7-5-4-6-8-18/h4-15,17,26H,3,16H2,1-2H3,(H,25,27). The Bertz CT molecular complexity index is 895. The topological polar surface area (TPSA) is 63.2 Å². The molecule has 0 radical (unpaired) electrons. The van der Waals surface area contributed by atoms with Gasteiger partial charge in [-0.05, 0) is 49.2 Å². The molecular formula is C23H25N3O2. The summed E-state index contributed by atoms with van der Waals surface area (Å²) >= 11 is 0. The number of benzene rings is 2. The summed E-state index contributed by atoms with van der Waals surface area (Å²) in [6, 6.07) is 19.7. The maximum atomic E-state index is 12.3. The van der Waals surface area contributed by atoms with E-state index < -0.39 is 0 Å². The minimum atomic E-state index is -0.116. The minimum Gasteiger partial charge on any atom is -0.489 e. The number of ether oxygens (including phenoxy) is 1. The zero-order valence-electron chi connectivity index (χ0n) is 16.2. The van der Waals surface area contributed by atoms with Crippen molar-refractivity contribution in [3.05, 3.63) is 84.2 Å². The highest BCUT2D eigenvalue weighted by Crippen LogP contribution is 2.21. The van der Waals surface area contributed by atoms with Crippen molar-refractivity contribution in [1.29, 1.82) is 0 Å². The number of nitrogens with one attached hydrogen (secondary N) is 2. The lowest BCUT2D eigenvalue weighted by atomic mass is 10.2. The fourth-order valence-corrected chi connectivity index (χ4v) is 2.58. The van der Waals surface area contributed by atoms with Crippen molar-refractivity contribution in [1.82, 2.24) is 10.3 Å². The third-order valence-electron chi connectivity index (χ3n) is 4.38. The van der Waals surface area contributed by atoms with Gasteiger partial charge >= 0.3 is 0 Å². The predicted octanol–water partition coefficient (Wildman–Crippen LogP) is 4.93. The van der Waals surface area contributed by atoms with Gasteiger partial charge in [0.05, 0.1) is 17.4 Å². The molecule has 5 nitrogen and oxygen atoms in total. The van der Waals surface area contributed by atoms with E-state index in [4.69, 9.17) is 4.74 Å². The Labute approximate surface area is 165 Å². The SMILES string of the molecule is CCC(C)NC(=O)c1cncc(Nc2ccc(OCc3ccccc3)cc2)c1. The molecule has 0 saturated heterocycles. The second-order valence-corrected chi connectivity index (χ2v) is 6.67. The van der Waals surface area contributed by atoms with E-state index >= 15 is 0 Å². The van der Waals surface area contributed by atoms with E-state index in [0.717, 1.165) is 29.1 Å². The molecule has 2 N–H and O–H groups in total. The second-order valence-electron chi connectivity index (χ2n) is 6.67. The Kier molecular flexibility index (Phi) is 6.63. The number of amides is 1. The second kappa shape index (κ2) is 9.55. The lowest BCUT2D eigenvalue weighted by Gasteiger charge is -2.12. The average molecular weight is 375 g/mol. The fourth-order valence-electron chi connectivity index (χ4n) is 2.58. The minimum absolute atomic E-state index is 0.116.